The maximum Gasteiger partial charge on any atom is 0.272 e. The highest BCUT2D eigenvalue weighted by atomic mass is 16.5. The van der Waals surface area contributed by atoms with Gasteiger partial charge in [0.1, 0.15) is 5.69 Å². The molecule has 0 aliphatic heterocycles. The summed E-state index contributed by atoms with van der Waals surface area (Å²) in [6.45, 7) is 0.264. The van der Waals surface area contributed by atoms with E-state index in [1.165, 1.54) is 0 Å². The van der Waals surface area contributed by atoms with Crippen molar-refractivity contribution in [3.8, 4) is 11.4 Å². The van der Waals surface area contributed by atoms with E-state index < -0.39 is 0 Å². The molecule has 0 fully saturated rings. The lowest BCUT2D eigenvalue weighted by Gasteiger charge is -2.01. The van der Waals surface area contributed by atoms with E-state index in [0.29, 0.717) is 17.1 Å². The third kappa shape index (κ3) is 2.61. The van der Waals surface area contributed by atoms with E-state index in [4.69, 9.17) is 4.52 Å². The van der Waals surface area contributed by atoms with Crippen molar-refractivity contribution >= 4 is 5.91 Å². The Morgan fingerprint density at radius 3 is 3.13 bits per heavy atom. The van der Waals surface area contributed by atoms with Crippen LogP contribution in [0.25, 0.3) is 11.4 Å². The molecule has 0 bridgehead atoms. The van der Waals surface area contributed by atoms with E-state index in [1.54, 1.807) is 12.3 Å². The molecule has 0 spiro atoms. The fraction of sp³-hybridized carbons (Fsp3) is 0.250. The number of rotatable bonds is 4. The molecule has 3 aromatic rings. The molecule has 0 atom stereocenters. The molecular formula is C16H15N5O2. The molecule has 7 heteroatoms. The molecule has 0 aromatic carbocycles. The molecule has 3 aromatic heterocycles. The van der Waals surface area contributed by atoms with Gasteiger partial charge in [-0.1, -0.05) is 11.2 Å². The van der Waals surface area contributed by atoms with Gasteiger partial charge in [-0.15, -0.1) is 0 Å². The van der Waals surface area contributed by atoms with Gasteiger partial charge in [-0.25, -0.2) is 0 Å². The molecule has 23 heavy (non-hydrogen) atoms. The van der Waals surface area contributed by atoms with Gasteiger partial charge in [-0.2, -0.15) is 5.10 Å². The minimum atomic E-state index is -0.194. The summed E-state index contributed by atoms with van der Waals surface area (Å²) in [5.41, 5.74) is 3.98. The minimum absolute atomic E-state index is 0.194. The topological polar surface area (TPSA) is 96.7 Å². The number of fused-ring (bicyclic) bond motifs is 1. The van der Waals surface area contributed by atoms with E-state index in [2.05, 4.69) is 25.7 Å². The third-order valence-electron chi connectivity index (χ3n) is 3.93. The van der Waals surface area contributed by atoms with E-state index in [9.17, 15) is 4.79 Å². The molecule has 116 valence electrons. The molecule has 1 aliphatic carbocycles. The predicted octanol–water partition coefficient (Wildman–Crippen LogP) is 1.88. The van der Waals surface area contributed by atoms with Gasteiger partial charge in [0.05, 0.1) is 12.2 Å². The summed E-state index contributed by atoms with van der Waals surface area (Å²) in [7, 11) is 0. The molecule has 3 heterocycles. The average molecular weight is 309 g/mol. The van der Waals surface area contributed by atoms with Crippen LogP contribution < -0.4 is 5.32 Å². The molecule has 1 aliphatic rings. The summed E-state index contributed by atoms with van der Waals surface area (Å²) in [4.78, 5) is 16.5. The number of nitrogens with one attached hydrogen (secondary N) is 2. The van der Waals surface area contributed by atoms with Gasteiger partial charge in [0, 0.05) is 23.5 Å². The van der Waals surface area contributed by atoms with Crippen LogP contribution in [-0.2, 0) is 19.4 Å². The second-order valence-corrected chi connectivity index (χ2v) is 5.46. The average Bonchev–Trinajstić information content (AvgIpc) is 3.29. The van der Waals surface area contributed by atoms with Crippen molar-refractivity contribution in [1.29, 1.82) is 0 Å². The first kappa shape index (κ1) is 13.7. The zero-order valence-electron chi connectivity index (χ0n) is 12.4. The molecule has 0 saturated heterocycles. The minimum Gasteiger partial charge on any atom is -0.359 e. The van der Waals surface area contributed by atoms with Crippen LogP contribution in [0.2, 0.25) is 0 Å². The van der Waals surface area contributed by atoms with Crippen molar-refractivity contribution in [3.63, 3.8) is 0 Å². The number of amides is 1. The zero-order valence-corrected chi connectivity index (χ0v) is 12.4. The van der Waals surface area contributed by atoms with Gasteiger partial charge in [-0.3, -0.25) is 14.9 Å². The lowest BCUT2D eigenvalue weighted by atomic mass is 10.2. The number of pyridine rings is 1. The number of H-pyrrole nitrogens is 1. The Balaban J connectivity index is 1.43. The van der Waals surface area contributed by atoms with Crippen molar-refractivity contribution in [2.45, 2.75) is 25.8 Å². The maximum absolute atomic E-state index is 12.2. The number of carbonyl (C=O) groups is 1. The Bertz CT molecular complexity index is 837. The smallest absolute Gasteiger partial charge is 0.272 e. The molecule has 1 amide bonds. The third-order valence-corrected chi connectivity index (χ3v) is 3.93. The molecule has 0 unspecified atom stereocenters. The Kier molecular flexibility index (Phi) is 3.38. The van der Waals surface area contributed by atoms with E-state index in [1.807, 2.05) is 18.2 Å². The van der Waals surface area contributed by atoms with Gasteiger partial charge in [-0.05, 0) is 31.4 Å². The number of hydrogen-bond donors (Lipinski definition) is 2. The molecule has 0 radical (unpaired) electrons. The highest BCUT2D eigenvalue weighted by Crippen LogP contribution is 2.22. The number of nitrogens with zero attached hydrogens (tertiary/aromatic N) is 3. The van der Waals surface area contributed by atoms with Gasteiger partial charge in [0.15, 0.2) is 11.5 Å². The molecule has 0 saturated carbocycles. The monoisotopic (exact) mass is 309 g/mol. The van der Waals surface area contributed by atoms with E-state index in [-0.39, 0.29) is 12.5 Å². The largest absolute Gasteiger partial charge is 0.359 e. The predicted molar refractivity (Wildman–Crippen MR) is 81.5 cm³/mol. The van der Waals surface area contributed by atoms with Crippen LogP contribution in [0, 0.1) is 0 Å². The summed E-state index contributed by atoms with van der Waals surface area (Å²) in [5.74, 6) is 0.381. The van der Waals surface area contributed by atoms with Crippen LogP contribution in [0.15, 0.2) is 35.0 Å². The van der Waals surface area contributed by atoms with E-state index >= 15 is 0 Å². The number of aromatic amines is 1. The van der Waals surface area contributed by atoms with Crippen molar-refractivity contribution < 1.29 is 9.32 Å². The summed E-state index contributed by atoms with van der Waals surface area (Å²) >= 11 is 0. The Labute approximate surface area is 132 Å². The van der Waals surface area contributed by atoms with Gasteiger partial charge >= 0.3 is 0 Å². The normalized spacial score (nSPS) is 13.0. The first-order valence-electron chi connectivity index (χ1n) is 7.52. The lowest BCUT2D eigenvalue weighted by Crippen LogP contribution is -2.24. The number of aryl methyl sites for hydroxylation is 1. The lowest BCUT2D eigenvalue weighted by molar-refractivity contribution is 0.0941. The quantitative estimate of drug-likeness (QED) is 0.767. The Hall–Kier alpha value is -2.96. The fourth-order valence-corrected chi connectivity index (χ4v) is 2.79. The van der Waals surface area contributed by atoms with E-state index in [0.717, 1.165) is 36.2 Å². The van der Waals surface area contributed by atoms with Gasteiger partial charge in [0.2, 0.25) is 0 Å². The fourth-order valence-electron chi connectivity index (χ4n) is 2.79. The highest BCUT2D eigenvalue weighted by molar-refractivity contribution is 5.94. The highest BCUT2D eigenvalue weighted by Gasteiger charge is 2.23. The summed E-state index contributed by atoms with van der Waals surface area (Å²) in [6.07, 6.45) is 4.63. The van der Waals surface area contributed by atoms with Crippen LogP contribution in [0.1, 0.15) is 33.9 Å². The van der Waals surface area contributed by atoms with Crippen molar-refractivity contribution in [1.82, 2.24) is 25.7 Å². The molecular weight excluding hydrogens is 294 g/mol. The van der Waals surface area contributed by atoms with Crippen LogP contribution >= 0.6 is 0 Å². The first-order valence-corrected chi connectivity index (χ1v) is 7.52. The summed E-state index contributed by atoms with van der Waals surface area (Å²) < 4.78 is 5.25. The Morgan fingerprint density at radius 2 is 2.26 bits per heavy atom. The van der Waals surface area contributed by atoms with Crippen molar-refractivity contribution in [3.05, 3.63) is 53.2 Å². The Morgan fingerprint density at radius 1 is 1.30 bits per heavy atom. The molecule has 7 nitrogen and oxygen atoms in total. The van der Waals surface area contributed by atoms with Crippen molar-refractivity contribution in [2.24, 2.45) is 0 Å². The van der Waals surface area contributed by atoms with Gasteiger partial charge in [0.25, 0.3) is 5.91 Å². The van der Waals surface area contributed by atoms with Crippen molar-refractivity contribution in [2.75, 3.05) is 0 Å². The van der Waals surface area contributed by atoms with Crippen LogP contribution in [0.4, 0.5) is 0 Å². The standard InChI is InChI=1S/C16H15N5O2/c22-16(15-11-4-3-6-12(11)19-20-15)18-9-10-8-14(21-23-10)13-5-1-2-7-17-13/h1-2,5,7-8H,3-4,6,9H2,(H,18,22)(H,19,20). The first-order chi connectivity index (χ1) is 11.3. The van der Waals surface area contributed by atoms with Crippen LogP contribution in [-0.4, -0.2) is 26.2 Å². The summed E-state index contributed by atoms with van der Waals surface area (Å²) in [6, 6.07) is 7.36. The zero-order chi connectivity index (χ0) is 15.6. The number of carbonyl (C=O) groups excluding carboxylic acids is 1. The second-order valence-electron chi connectivity index (χ2n) is 5.46. The maximum atomic E-state index is 12.2. The second kappa shape index (κ2) is 5.68. The molecule has 4 rings (SSSR count). The number of hydrogen-bond acceptors (Lipinski definition) is 5. The van der Waals surface area contributed by atoms with Crippen LogP contribution in [0.3, 0.4) is 0 Å². The summed E-state index contributed by atoms with van der Waals surface area (Å²) in [5, 5.41) is 13.8. The SMILES string of the molecule is O=C(NCc1cc(-c2ccccn2)no1)c1n[nH]c2c1CCC2. The van der Waals surface area contributed by atoms with Crippen LogP contribution in [0.5, 0.6) is 0 Å². The molecule has 2 N–H and O–H groups in total. The van der Waals surface area contributed by atoms with Gasteiger partial charge < -0.3 is 9.84 Å². The number of aromatic nitrogens is 4.